The van der Waals surface area contributed by atoms with Crippen molar-refractivity contribution in [2.75, 3.05) is 6.61 Å². The van der Waals surface area contributed by atoms with Crippen molar-refractivity contribution in [3.63, 3.8) is 0 Å². The Balaban J connectivity index is 2.56. The number of rotatable bonds is 5. The molecule has 3 heteroatoms. The number of halogens is 1. The number of hydrogen-bond acceptors (Lipinski definition) is 2. The Labute approximate surface area is 77.2 Å². The van der Waals surface area contributed by atoms with Crippen LogP contribution in [0.3, 0.4) is 0 Å². The molecule has 1 atom stereocenters. The molecular weight excluding hydrogens is 171 g/mol. The van der Waals surface area contributed by atoms with Gasteiger partial charge in [-0.15, -0.1) is 0 Å². The molecule has 0 saturated carbocycles. The zero-order valence-corrected chi connectivity index (χ0v) is 7.57. The molecule has 0 aliphatic carbocycles. The van der Waals surface area contributed by atoms with E-state index in [2.05, 4.69) is 4.94 Å². The first-order valence-corrected chi connectivity index (χ1v) is 4.32. The second-order valence-corrected chi connectivity index (χ2v) is 2.70. The molecule has 0 bridgehead atoms. The van der Waals surface area contributed by atoms with Crippen LogP contribution >= 0.6 is 0 Å². The zero-order chi connectivity index (χ0) is 9.52. The Hall–Kier alpha value is -0.930. The monoisotopic (exact) mass is 184 g/mol. The summed E-state index contributed by atoms with van der Waals surface area (Å²) < 4.78 is 17.2. The van der Waals surface area contributed by atoms with Gasteiger partial charge in [0.2, 0.25) is 6.29 Å². The highest BCUT2D eigenvalue weighted by Gasteiger charge is 2.11. The van der Waals surface area contributed by atoms with Crippen molar-refractivity contribution in [2.45, 2.75) is 19.6 Å². The quantitative estimate of drug-likeness (QED) is 0.655. The summed E-state index contributed by atoms with van der Waals surface area (Å²) in [7, 11) is 0. The van der Waals surface area contributed by atoms with E-state index in [0.29, 0.717) is 12.2 Å². The van der Waals surface area contributed by atoms with Crippen LogP contribution in [0.15, 0.2) is 30.3 Å². The van der Waals surface area contributed by atoms with E-state index in [9.17, 15) is 4.53 Å². The molecule has 0 fully saturated rings. The summed E-state index contributed by atoms with van der Waals surface area (Å²) in [5, 5.41) is 0. The van der Waals surface area contributed by atoms with Crippen LogP contribution in [0.2, 0.25) is 0 Å². The fourth-order valence-corrected chi connectivity index (χ4v) is 1.01. The number of benzene rings is 1. The van der Waals surface area contributed by atoms with E-state index in [1.54, 1.807) is 12.1 Å². The van der Waals surface area contributed by atoms with Crippen molar-refractivity contribution < 1.29 is 14.2 Å². The first-order valence-electron chi connectivity index (χ1n) is 4.32. The Bertz CT molecular complexity index is 226. The van der Waals surface area contributed by atoms with Gasteiger partial charge < -0.3 is 4.74 Å². The van der Waals surface area contributed by atoms with Crippen LogP contribution in [0.5, 0.6) is 0 Å². The van der Waals surface area contributed by atoms with Crippen LogP contribution in [0, 0.1) is 0 Å². The van der Waals surface area contributed by atoms with Gasteiger partial charge in [-0.3, -0.25) is 0 Å². The molecule has 0 heterocycles. The van der Waals surface area contributed by atoms with Crippen molar-refractivity contribution in [2.24, 2.45) is 0 Å². The predicted octanol–water partition coefficient (Wildman–Crippen LogP) is 3.01. The molecule has 0 N–H and O–H groups in total. The van der Waals surface area contributed by atoms with E-state index in [4.69, 9.17) is 4.74 Å². The topological polar surface area (TPSA) is 18.5 Å². The van der Waals surface area contributed by atoms with Gasteiger partial charge in [0, 0.05) is 12.2 Å². The molecule has 1 aromatic carbocycles. The lowest BCUT2D eigenvalue weighted by Gasteiger charge is -2.12. The van der Waals surface area contributed by atoms with Crippen molar-refractivity contribution in [3.05, 3.63) is 35.9 Å². The van der Waals surface area contributed by atoms with Gasteiger partial charge in [-0.2, -0.15) is 4.94 Å². The van der Waals surface area contributed by atoms with Crippen molar-refractivity contribution >= 4 is 0 Å². The molecule has 0 amide bonds. The van der Waals surface area contributed by atoms with Crippen molar-refractivity contribution in [1.82, 2.24) is 0 Å². The highest BCUT2D eigenvalue weighted by atomic mass is 19.3. The third-order valence-electron chi connectivity index (χ3n) is 1.63. The molecule has 0 saturated heterocycles. The molecule has 0 spiro atoms. The minimum Gasteiger partial charge on any atom is -0.346 e. The molecule has 1 aromatic rings. The van der Waals surface area contributed by atoms with Gasteiger partial charge >= 0.3 is 0 Å². The van der Waals surface area contributed by atoms with E-state index >= 15 is 0 Å². The van der Waals surface area contributed by atoms with Crippen LogP contribution in [-0.4, -0.2) is 6.61 Å². The molecule has 0 aliphatic heterocycles. The molecule has 0 aliphatic rings. The highest BCUT2D eigenvalue weighted by molar-refractivity contribution is 5.15. The van der Waals surface area contributed by atoms with Gasteiger partial charge in [0.1, 0.15) is 0 Å². The maximum Gasteiger partial charge on any atom is 0.222 e. The Morgan fingerprint density at radius 1 is 1.31 bits per heavy atom. The average Bonchev–Trinajstić information content (AvgIpc) is 2.21. The Morgan fingerprint density at radius 3 is 2.54 bits per heavy atom. The van der Waals surface area contributed by atoms with Gasteiger partial charge in [-0.1, -0.05) is 37.3 Å². The standard InChI is InChI=1S/C10H13FO2/c1-2-8-12-10(13-11)9-6-4-3-5-7-9/h3-7,10H,2,8H2,1H3. The third kappa shape index (κ3) is 3.13. The SMILES string of the molecule is CCCOC(OF)c1ccccc1. The lowest BCUT2D eigenvalue weighted by molar-refractivity contribution is -0.279. The van der Waals surface area contributed by atoms with E-state index in [1.165, 1.54) is 0 Å². The third-order valence-corrected chi connectivity index (χ3v) is 1.63. The number of hydrogen-bond donors (Lipinski definition) is 0. The first-order chi connectivity index (χ1) is 6.38. The molecule has 0 aromatic heterocycles. The zero-order valence-electron chi connectivity index (χ0n) is 7.57. The summed E-state index contributed by atoms with van der Waals surface area (Å²) in [6.07, 6.45) is -0.0479. The minimum atomic E-state index is -0.888. The average molecular weight is 184 g/mol. The molecule has 13 heavy (non-hydrogen) atoms. The van der Waals surface area contributed by atoms with Crippen LogP contribution in [0.25, 0.3) is 0 Å². The summed E-state index contributed by atoms with van der Waals surface area (Å²) in [6.45, 7) is 2.45. The molecule has 1 rings (SSSR count). The molecule has 72 valence electrons. The van der Waals surface area contributed by atoms with Crippen LogP contribution in [0.1, 0.15) is 25.2 Å². The second-order valence-electron chi connectivity index (χ2n) is 2.70. The predicted molar refractivity (Wildman–Crippen MR) is 47.6 cm³/mol. The van der Waals surface area contributed by atoms with Crippen LogP contribution in [0.4, 0.5) is 4.53 Å². The summed E-state index contributed by atoms with van der Waals surface area (Å²) in [4.78, 5) is 3.72. The van der Waals surface area contributed by atoms with E-state index in [1.807, 2.05) is 25.1 Å². The summed E-state index contributed by atoms with van der Waals surface area (Å²) in [6, 6.07) is 9.02. The molecule has 2 nitrogen and oxygen atoms in total. The maximum atomic E-state index is 12.0. The summed E-state index contributed by atoms with van der Waals surface area (Å²) in [5.41, 5.74) is 0.693. The van der Waals surface area contributed by atoms with Crippen LogP contribution < -0.4 is 0 Å². The Kier molecular flexibility index (Phi) is 4.43. The normalized spacial score (nSPS) is 12.8. The van der Waals surface area contributed by atoms with Gasteiger partial charge in [0.15, 0.2) is 0 Å². The van der Waals surface area contributed by atoms with Gasteiger partial charge in [-0.05, 0) is 10.9 Å². The molecular formula is C10H13FO2. The van der Waals surface area contributed by atoms with Crippen molar-refractivity contribution in [3.8, 4) is 0 Å². The molecule has 0 radical (unpaired) electrons. The van der Waals surface area contributed by atoms with Crippen molar-refractivity contribution in [1.29, 1.82) is 0 Å². The largest absolute Gasteiger partial charge is 0.346 e. The minimum absolute atomic E-state index is 0.490. The van der Waals surface area contributed by atoms with Gasteiger partial charge in [0.25, 0.3) is 0 Å². The fourth-order valence-electron chi connectivity index (χ4n) is 1.01. The lowest BCUT2D eigenvalue weighted by Crippen LogP contribution is -2.05. The second kappa shape index (κ2) is 5.67. The van der Waals surface area contributed by atoms with Gasteiger partial charge in [-0.25, -0.2) is 0 Å². The van der Waals surface area contributed by atoms with Crippen LogP contribution in [-0.2, 0) is 9.68 Å². The first kappa shape index (κ1) is 10.2. The summed E-state index contributed by atoms with van der Waals surface area (Å²) in [5.74, 6) is 0. The Morgan fingerprint density at radius 2 is 2.00 bits per heavy atom. The smallest absolute Gasteiger partial charge is 0.222 e. The van der Waals surface area contributed by atoms with E-state index in [-0.39, 0.29) is 0 Å². The lowest BCUT2D eigenvalue weighted by atomic mass is 10.2. The van der Waals surface area contributed by atoms with Gasteiger partial charge in [0.05, 0.1) is 0 Å². The number of ether oxygens (including phenoxy) is 1. The van der Waals surface area contributed by atoms with E-state index in [0.717, 1.165) is 6.42 Å². The molecule has 1 unspecified atom stereocenters. The maximum absolute atomic E-state index is 12.0. The highest BCUT2D eigenvalue weighted by Crippen LogP contribution is 2.18. The van der Waals surface area contributed by atoms with E-state index < -0.39 is 6.29 Å². The fraction of sp³-hybridized carbons (Fsp3) is 0.400. The summed E-state index contributed by atoms with van der Waals surface area (Å²) >= 11 is 0.